The lowest BCUT2D eigenvalue weighted by Crippen LogP contribution is -2.14. The van der Waals surface area contributed by atoms with Gasteiger partial charge >= 0.3 is 0 Å². The average Bonchev–Trinajstić information content (AvgIpc) is 3.10. The first kappa shape index (κ1) is 17.6. The Morgan fingerprint density at radius 1 is 1.25 bits per heavy atom. The van der Waals surface area contributed by atoms with Crippen LogP contribution in [0.5, 0.6) is 0 Å². The topological polar surface area (TPSA) is 96.0 Å². The lowest BCUT2D eigenvalue weighted by molar-refractivity contribution is -0.116. The molecule has 0 aliphatic heterocycles. The second-order valence-corrected chi connectivity index (χ2v) is 6.63. The number of pyridine rings is 1. The summed E-state index contributed by atoms with van der Waals surface area (Å²) in [6.07, 6.45) is 4.03. The maximum Gasteiger partial charge on any atom is 0.224 e. The number of rotatable bonds is 4. The van der Waals surface area contributed by atoms with Crippen LogP contribution in [0.25, 0.3) is 16.6 Å². The van der Waals surface area contributed by atoms with Crippen LogP contribution >= 0.6 is 0 Å². The molecule has 1 amide bonds. The number of nitrogens with one attached hydrogen (secondary N) is 1. The van der Waals surface area contributed by atoms with Crippen molar-refractivity contribution in [1.29, 1.82) is 5.26 Å². The fraction of sp³-hybridized carbons (Fsp3) is 0.190. The highest BCUT2D eigenvalue weighted by molar-refractivity contribution is 5.93. The summed E-state index contributed by atoms with van der Waals surface area (Å²) in [4.78, 5) is 21.3. The van der Waals surface area contributed by atoms with Gasteiger partial charge in [0.25, 0.3) is 0 Å². The molecular formula is C21H18N6O. The average molecular weight is 370 g/mol. The van der Waals surface area contributed by atoms with E-state index in [-0.39, 0.29) is 5.91 Å². The van der Waals surface area contributed by atoms with Crippen molar-refractivity contribution in [3.8, 4) is 6.07 Å². The molecule has 4 rings (SSSR count). The number of hydrogen-bond acceptors (Lipinski definition) is 5. The number of nitriles is 1. The van der Waals surface area contributed by atoms with Gasteiger partial charge in [-0.15, -0.1) is 0 Å². The molecule has 1 N–H and O–H groups in total. The first-order chi connectivity index (χ1) is 13.6. The molecule has 7 nitrogen and oxygen atoms in total. The third kappa shape index (κ3) is 3.16. The van der Waals surface area contributed by atoms with Crippen LogP contribution in [0.2, 0.25) is 0 Å². The first-order valence-electron chi connectivity index (χ1n) is 8.95. The largest absolute Gasteiger partial charge is 0.325 e. The van der Waals surface area contributed by atoms with Crippen LogP contribution in [0.15, 0.2) is 42.7 Å². The Balaban J connectivity index is 1.50. The van der Waals surface area contributed by atoms with Gasteiger partial charge < -0.3 is 5.32 Å². The lowest BCUT2D eigenvalue weighted by Gasteiger charge is -2.11. The number of carbonyl (C=O) groups excluding carboxylic acids is 1. The molecule has 0 fully saturated rings. The van der Waals surface area contributed by atoms with Crippen LogP contribution in [-0.2, 0) is 11.2 Å². The Hall–Kier alpha value is -3.79. The van der Waals surface area contributed by atoms with Crippen molar-refractivity contribution in [3.05, 3.63) is 65.2 Å². The highest BCUT2D eigenvalue weighted by Crippen LogP contribution is 2.19. The number of fused-ring (bicyclic) bond motifs is 2. The molecule has 28 heavy (non-hydrogen) atoms. The fourth-order valence-electron chi connectivity index (χ4n) is 3.35. The van der Waals surface area contributed by atoms with Gasteiger partial charge in [-0.05, 0) is 38.0 Å². The highest BCUT2D eigenvalue weighted by atomic mass is 16.1. The van der Waals surface area contributed by atoms with Crippen molar-refractivity contribution in [2.24, 2.45) is 0 Å². The standard InChI is InChI=1S/C21H18N6O/c1-13-18(14(2)27-21(25-13)16(10-22)11-24-27)7-8-20(28)26-17-9-15-5-3-4-6-19(15)23-12-17/h3-6,9,11-12H,7-8H2,1-2H3,(H,26,28). The molecule has 3 heterocycles. The number of aryl methyl sites for hydroxylation is 2. The predicted octanol–water partition coefficient (Wildman–Crippen LogP) is 3.34. The van der Waals surface area contributed by atoms with Gasteiger partial charge in [-0.3, -0.25) is 9.78 Å². The normalized spacial score (nSPS) is 10.9. The first-order valence-corrected chi connectivity index (χ1v) is 8.95. The second kappa shape index (κ2) is 7.08. The number of amides is 1. The molecule has 0 saturated carbocycles. The van der Waals surface area contributed by atoms with E-state index in [1.54, 1.807) is 10.7 Å². The predicted molar refractivity (Wildman–Crippen MR) is 106 cm³/mol. The van der Waals surface area contributed by atoms with Crippen molar-refractivity contribution in [2.75, 3.05) is 5.32 Å². The molecule has 0 bridgehead atoms. The molecule has 138 valence electrons. The summed E-state index contributed by atoms with van der Waals surface area (Å²) >= 11 is 0. The van der Waals surface area contributed by atoms with E-state index in [0.29, 0.717) is 29.7 Å². The molecule has 7 heteroatoms. The summed E-state index contributed by atoms with van der Waals surface area (Å²) in [6, 6.07) is 11.8. The van der Waals surface area contributed by atoms with Crippen LogP contribution in [0, 0.1) is 25.2 Å². The highest BCUT2D eigenvalue weighted by Gasteiger charge is 2.15. The molecule has 1 aromatic carbocycles. The van der Waals surface area contributed by atoms with Crippen molar-refractivity contribution in [3.63, 3.8) is 0 Å². The van der Waals surface area contributed by atoms with E-state index in [9.17, 15) is 4.79 Å². The van der Waals surface area contributed by atoms with Gasteiger partial charge in [0.1, 0.15) is 11.6 Å². The number of para-hydroxylation sites is 1. The van der Waals surface area contributed by atoms with Gasteiger partial charge in [-0.25, -0.2) is 9.50 Å². The van der Waals surface area contributed by atoms with Gasteiger partial charge in [0.2, 0.25) is 5.91 Å². The van der Waals surface area contributed by atoms with Gasteiger partial charge in [-0.2, -0.15) is 10.4 Å². The molecule has 4 aromatic rings. The lowest BCUT2D eigenvalue weighted by atomic mass is 10.1. The SMILES string of the molecule is Cc1nc2c(C#N)cnn2c(C)c1CCC(=O)Nc1cnc2ccccc2c1. The van der Waals surface area contributed by atoms with E-state index >= 15 is 0 Å². The van der Waals surface area contributed by atoms with E-state index in [2.05, 4.69) is 26.5 Å². The summed E-state index contributed by atoms with van der Waals surface area (Å²) < 4.78 is 1.66. The second-order valence-electron chi connectivity index (χ2n) is 6.63. The summed E-state index contributed by atoms with van der Waals surface area (Å²) in [5.74, 6) is -0.0887. The van der Waals surface area contributed by atoms with E-state index in [4.69, 9.17) is 5.26 Å². The summed E-state index contributed by atoms with van der Waals surface area (Å²) in [5.41, 5.74) is 5.23. The van der Waals surface area contributed by atoms with Gasteiger partial charge in [0, 0.05) is 23.2 Å². The quantitative estimate of drug-likeness (QED) is 0.594. The Kier molecular flexibility index (Phi) is 4.45. The number of aromatic nitrogens is 4. The molecule has 0 spiro atoms. The Labute approximate surface area is 161 Å². The van der Waals surface area contributed by atoms with E-state index < -0.39 is 0 Å². The molecular weight excluding hydrogens is 352 g/mol. The number of anilines is 1. The molecule has 0 radical (unpaired) electrons. The van der Waals surface area contributed by atoms with E-state index in [0.717, 1.165) is 27.9 Å². The van der Waals surface area contributed by atoms with Crippen molar-refractivity contribution in [2.45, 2.75) is 26.7 Å². The summed E-state index contributed by atoms with van der Waals surface area (Å²) in [7, 11) is 0. The number of nitrogens with zero attached hydrogens (tertiary/aromatic N) is 5. The van der Waals surface area contributed by atoms with Crippen molar-refractivity contribution in [1.82, 2.24) is 19.6 Å². The van der Waals surface area contributed by atoms with Crippen LogP contribution in [0.1, 0.15) is 28.9 Å². The zero-order valence-electron chi connectivity index (χ0n) is 15.6. The van der Waals surface area contributed by atoms with Crippen molar-refractivity contribution < 1.29 is 4.79 Å². The Morgan fingerprint density at radius 3 is 2.89 bits per heavy atom. The molecule has 3 aromatic heterocycles. The zero-order chi connectivity index (χ0) is 19.7. The Bertz CT molecular complexity index is 1250. The van der Waals surface area contributed by atoms with Crippen LogP contribution in [0.3, 0.4) is 0 Å². The minimum Gasteiger partial charge on any atom is -0.325 e. The Morgan fingerprint density at radius 2 is 2.07 bits per heavy atom. The van der Waals surface area contributed by atoms with Gasteiger partial charge in [0.05, 0.1) is 23.6 Å². The molecule has 0 atom stereocenters. The third-order valence-corrected chi connectivity index (χ3v) is 4.81. The maximum absolute atomic E-state index is 12.4. The summed E-state index contributed by atoms with van der Waals surface area (Å²) in [5, 5.41) is 17.3. The van der Waals surface area contributed by atoms with Crippen LogP contribution in [-0.4, -0.2) is 25.5 Å². The zero-order valence-corrected chi connectivity index (χ0v) is 15.6. The number of benzene rings is 1. The fourth-order valence-corrected chi connectivity index (χ4v) is 3.35. The molecule has 0 aliphatic rings. The number of carbonyl (C=O) groups is 1. The minimum absolute atomic E-state index is 0.0887. The van der Waals surface area contributed by atoms with E-state index in [1.165, 1.54) is 6.20 Å². The van der Waals surface area contributed by atoms with Crippen molar-refractivity contribution >= 4 is 28.1 Å². The third-order valence-electron chi connectivity index (χ3n) is 4.81. The molecule has 0 unspecified atom stereocenters. The van der Waals surface area contributed by atoms with Crippen LogP contribution in [0.4, 0.5) is 5.69 Å². The molecule has 0 aliphatic carbocycles. The van der Waals surface area contributed by atoms with E-state index in [1.807, 2.05) is 44.2 Å². The smallest absolute Gasteiger partial charge is 0.224 e. The molecule has 0 saturated heterocycles. The monoisotopic (exact) mass is 370 g/mol. The van der Waals surface area contributed by atoms with Crippen LogP contribution < -0.4 is 5.32 Å². The maximum atomic E-state index is 12.4. The number of hydrogen-bond donors (Lipinski definition) is 1. The van der Waals surface area contributed by atoms with Gasteiger partial charge in [0.15, 0.2) is 5.65 Å². The summed E-state index contributed by atoms with van der Waals surface area (Å²) in [6.45, 7) is 3.82. The van der Waals surface area contributed by atoms with Gasteiger partial charge in [-0.1, -0.05) is 18.2 Å². The minimum atomic E-state index is -0.0887.